The van der Waals surface area contributed by atoms with Gasteiger partial charge in [-0.05, 0) is 54.4 Å². The summed E-state index contributed by atoms with van der Waals surface area (Å²) < 4.78 is 50.1. The van der Waals surface area contributed by atoms with Gasteiger partial charge in [0.05, 0.1) is 0 Å². The lowest BCUT2D eigenvalue weighted by Crippen LogP contribution is -2.44. The Balaban J connectivity index is 1.46. The smallest absolute Gasteiger partial charge is 0.407 e. The van der Waals surface area contributed by atoms with Crippen LogP contribution in [-0.2, 0) is 34.5 Å². The Morgan fingerprint density at radius 1 is 1.18 bits per heavy atom. The SMILES string of the molecule is O=C1CN(c2c(OCc3ccccc3)cc3c(c2F)C[C@H](N(CCC2CCCC2)C(=O)O)CC3)S(=O)(=O)N1. The molecule has 1 atom stereocenters. The summed E-state index contributed by atoms with van der Waals surface area (Å²) >= 11 is 0. The molecule has 1 saturated carbocycles. The van der Waals surface area contributed by atoms with Crippen molar-refractivity contribution in [3.8, 4) is 5.75 Å². The Labute approximate surface area is 221 Å². The minimum Gasteiger partial charge on any atom is -0.487 e. The van der Waals surface area contributed by atoms with Crippen LogP contribution < -0.4 is 13.8 Å². The maximum atomic E-state index is 16.2. The van der Waals surface area contributed by atoms with Crippen LogP contribution in [0.3, 0.4) is 0 Å². The molecule has 2 aromatic carbocycles. The van der Waals surface area contributed by atoms with Crippen LogP contribution in [0, 0.1) is 11.7 Å². The third kappa shape index (κ3) is 5.43. The topological polar surface area (TPSA) is 116 Å². The molecule has 5 rings (SSSR count). The molecule has 0 aromatic heterocycles. The van der Waals surface area contributed by atoms with Crippen molar-refractivity contribution in [2.75, 3.05) is 17.4 Å². The van der Waals surface area contributed by atoms with Gasteiger partial charge >= 0.3 is 16.3 Å². The van der Waals surface area contributed by atoms with Crippen LogP contribution in [0.5, 0.6) is 5.75 Å². The van der Waals surface area contributed by atoms with Crippen LogP contribution in [0.25, 0.3) is 0 Å². The van der Waals surface area contributed by atoms with Crippen molar-refractivity contribution in [3.63, 3.8) is 0 Å². The summed E-state index contributed by atoms with van der Waals surface area (Å²) in [5, 5.41) is 9.94. The number of nitrogens with zero attached hydrogens (tertiary/aromatic N) is 2. The number of hydrogen-bond donors (Lipinski definition) is 2. The molecule has 1 aliphatic heterocycles. The van der Waals surface area contributed by atoms with Crippen molar-refractivity contribution in [2.45, 2.75) is 64.0 Å². The Kier molecular flexibility index (Phi) is 7.47. The highest BCUT2D eigenvalue weighted by Crippen LogP contribution is 2.41. The van der Waals surface area contributed by atoms with Crippen molar-refractivity contribution < 1.29 is 32.2 Å². The number of aryl methyl sites for hydroxylation is 1. The van der Waals surface area contributed by atoms with E-state index in [1.54, 1.807) is 6.07 Å². The quantitative estimate of drug-likeness (QED) is 0.518. The number of amides is 2. The first-order valence-corrected chi connectivity index (χ1v) is 14.5. The van der Waals surface area contributed by atoms with Crippen molar-refractivity contribution in [1.82, 2.24) is 9.62 Å². The number of carbonyl (C=O) groups excluding carboxylic acids is 1. The van der Waals surface area contributed by atoms with Crippen LogP contribution in [0.2, 0.25) is 0 Å². The van der Waals surface area contributed by atoms with Gasteiger partial charge in [0.25, 0.3) is 5.91 Å². The fourth-order valence-corrected chi connectivity index (χ4v) is 7.01. The molecule has 1 heterocycles. The summed E-state index contributed by atoms with van der Waals surface area (Å²) in [4.78, 5) is 25.5. The van der Waals surface area contributed by atoms with E-state index in [0.29, 0.717) is 35.2 Å². The fourth-order valence-electron chi connectivity index (χ4n) is 5.85. The van der Waals surface area contributed by atoms with E-state index in [1.165, 1.54) is 17.7 Å². The van der Waals surface area contributed by atoms with Gasteiger partial charge in [0.1, 0.15) is 24.6 Å². The molecule has 0 unspecified atom stereocenters. The molecule has 2 amide bonds. The molecule has 0 bridgehead atoms. The van der Waals surface area contributed by atoms with E-state index in [2.05, 4.69) is 0 Å². The van der Waals surface area contributed by atoms with Gasteiger partial charge in [-0.25, -0.2) is 18.2 Å². The number of anilines is 1. The Morgan fingerprint density at radius 3 is 2.58 bits per heavy atom. The van der Waals surface area contributed by atoms with E-state index < -0.39 is 40.6 Å². The summed E-state index contributed by atoms with van der Waals surface area (Å²) in [5.41, 5.74) is 1.41. The highest BCUT2D eigenvalue weighted by Gasteiger charge is 2.40. The third-order valence-electron chi connectivity index (χ3n) is 7.83. The zero-order valence-corrected chi connectivity index (χ0v) is 21.9. The molecule has 2 aromatic rings. The van der Waals surface area contributed by atoms with Gasteiger partial charge in [-0.1, -0.05) is 56.0 Å². The van der Waals surface area contributed by atoms with E-state index in [-0.39, 0.29) is 30.0 Å². The minimum absolute atomic E-state index is 0.0277. The first kappa shape index (κ1) is 26.3. The molecule has 2 N–H and O–H groups in total. The minimum atomic E-state index is -4.30. The summed E-state index contributed by atoms with van der Waals surface area (Å²) in [6.45, 7) is -0.0879. The molecule has 3 aliphatic rings. The lowest BCUT2D eigenvalue weighted by molar-refractivity contribution is -0.117. The molecular formula is C27H32FN3O6S. The standard InChI is InChI=1S/C27H32FN3O6S/c28-25-22-15-21(30(27(33)34)13-12-18-6-4-5-7-18)11-10-20(22)14-23(37-17-19-8-2-1-3-9-19)26(25)31-16-24(32)29-38(31,35)36/h1-3,8-9,14,18,21H,4-7,10-13,15-17H2,(H,29,32)(H,33,34)/t21-/m1/s1. The van der Waals surface area contributed by atoms with Crippen molar-refractivity contribution in [2.24, 2.45) is 5.92 Å². The van der Waals surface area contributed by atoms with Crippen LogP contribution >= 0.6 is 0 Å². The maximum absolute atomic E-state index is 16.2. The number of nitrogens with one attached hydrogen (secondary N) is 1. The van der Waals surface area contributed by atoms with Gasteiger partial charge in [-0.3, -0.25) is 4.79 Å². The number of hydrogen-bond acceptors (Lipinski definition) is 5. The highest BCUT2D eigenvalue weighted by molar-refractivity contribution is 7.92. The lowest BCUT2D eigenvalue weighted by Gasteiger charge is -2.35. The van der Waals surface area contributed by atoms with E-state index in [4.69, 9.17) is 4.74 Å². The Bertz CT molecular complexity index is 1310. The van der Waals surface area contributed by atoms with Gasteiger partial charge in [-0.2, -0.15) is 8.42 Å². The lowest BCUT2D eigenvalue weighted by atomic mass is 9.86. The molecule has 9 nitrogen and oxygen atoms in total. The highest BCUT2D eigenvalue weighted by atomic mass is 32.2. The molecular weight excluding hydrogens is 513 g/mol. The van der Waals surface area contributed by atoms with Crippen LogP contribution in [0.1, 0.15) is 55.2 Å². The molecule has 204 valence electrons. The van der Waals surface area contributed by atoms with E-state index in [0.717, 1.165) is 24.8 Å². The second-order valence-electron chi connectivity index (χ2n) is 10.3. The summed E-state index contributed by atoms with van der Waals surface area (Å²) in [6, 6.07) is 10.4. The average Bonchev–Trinajstić information content (AvgIpc) is 3.50. The number of halogens is 1. The number of carboxylic acid groups (broad SMARTS) is 1. The molecule has 0 radical (unpaired) electrons. The second-order valence-corrected chi connectivity index (χ2v) is 11.9. The van der Waals surface area contributed by atoms with Gasteiger partial charge in [0.15, 0.2) is 5.82 Å². The molecule has 2 fully saturated rings. The van der Waals surface area contributed by atoms with Crippen LogP contribution in [-0.4, -0.2) is 49.6 Å². The van der Waals surface area contributed by atoms with Crippen molar-refractivity contribution >= 4 is 27.9 Å². The predicted octanol–water partition coefficient (Wildman–Crippen LogP) is 4.00. The zero-order chi connectivity index (χ0) is 26.9. The number of ether oxygens (including phenoxy) is 1. The van der Waals surface area contributed by atoms with Crippen LogP contribution in [0.15, 0.2) is 36.4 Å². The van der Waals surface area contributed by atoms with Crippen molar-refractivity contribution in [1.29, 1.82) is 0 Å². The molecule has 2 aliphatic carbocycles. The van der Waals surface area contributed by atoms with Gasteiger partial charge in [0, 0.05) is 12.6 Å². The largest absolute Gasteiger partial charge is 0.487 e. The Morgan fingerprint density at radius 2 is 1.92 bits per heavy atom. The molecule has 11 heteroatoms. The fraction of sp³-hybridized carbons (Fsp3) is 0.481. The Hall–Kier alpha value is -3.34. The zero-order valence-electron chi connectivity index (χ0n) is 21.1. The molecule has 1 saturated heterocycles. The number of benzene rings is 2. The molecule has 0 spiro atoms. The van der Waals surface area contributed by atoms with Gasteiger partial charge < -0.3 is 14.7 Å². The van der Waals surface area contributed by atoms with E-state index in [1.807, 2.05) is 35.1 Å². The third-order valence-corrected chi connectivity index (χ3v) is 9.21. The second kappa shape index (κ2) is 10.8. The first-order chi connectivity index (χ1) is 18.2. The normalized spacial score (nSPS) is 20.7. The van der Waals surface area contributed by atoms with E-state index >= 15 is 4.39 Å². The van der Waals surface area contributed by atoms with Gasteiger partial charge in [0.2, 0.25) is 0 Å². The van der Waals surface area contributed by atoms with Crippen molar-refractivity contribution in [3.05, 3.63) is 58.9 Å². The summed E-state index contributed by atoms with van der Waals surface area (Å²) in [6.07, 6.45) is 5.41. The average molecular weight is 546 g/mol. The molecule has 38 heavy (non-hydrogen) atoms. The maximum Gasteiger partial charge on any atom is 0.407 e. The van der Waals surface area contributed by atoms with Crippen LogP contribution in [0.4, 0.5) is 14.9 Å². The monoisotopic (exact) mass is 545 g/mol. The number of carbonyl (C=O) groups is 2. The number of rotatable bonds is 8. The van der Waals surface area contributed by atoms with Gasteiger partial charge in [-0.15, -0.1) is 0 Å². The van der Waals surface area contributed by atoms with E-state index in [9.17, 15) is 23.1 Å². The summed E-state index contributed by atoms with van der Waals surface area (Å²) in [5.74, 6) is -1.01. The predicted molar refractivity (Wildman–Crippen MR) is 139 cm³/mol. The summed E-state index contributed by atoms with van der Waals surface area (Å²) in [7, 11) is -4.30. The first-order valence-electron chi connectivity index (χ1n) is 13.1. The number of fused-ring (bicyclic) bond motifs is 1.